The number of carbonyl (C=O) groups is 1. The highest BCUT2D eigenvalue weighted by atomic mass is 16.5. The van der Waals surface area contributed by atoms with Gasteiger partial charge in [0.1, 0.15) is 11.5 Å². The molecule has 0 fully saturated rings. The number of methoxy groups -OCH3 is 1. The van der Waals surface area contributed by atoms with Gasteiger partial charge in [-0.1, -0.05) is 20.8 Å². The average Bonchev–Trinajstić information content (AvgIpc) is 2.88. The molecular formula is C18H24N2O3. The highest BCUT2D eigenvalue weighted by Gasteiger charge is 2.22. The van der Waals surface area contributed by atoms with Crippen LogP contribution in [-0.2, 0) is 12.0 Å². The van der Waals surface area contributed by atoms with E-state index in [1.807, 2.05) is 31.2 Å². The number of amides is 1. The van der Waals surface area contributed by atoms with Crippen molar-refractivity contribution in [1.29, 1.82) is 0 Å². The number of hydrogen-bond donors (Lipinski definition) is 2. The van der Waals surface area contributed by atoms with Gasteiger partial charge in [-0.2, -0.15) is 0 Å². The van der Waals surface area contributed by atoms with E-state index in [0.29, 0.717) is 29.3 Å². The van der Waals surface area contributed by atoms with Crippen molar-refractivity contribution in [3.63, 3.8) is 0 Å². The standard InChI is InChI=1S/C18H24N2O3/c1-11-6-7-13(23-11)10-20-17(21)14-8-12(18(2,3)4)9-15(19)16(14)22-5/h6-9H,10,19H2,1-5H3,(H,20,21). The van der Waals surface area contributed by atoms with Crippen LogP contribution in [0.4, 0.5) is 5.69 Å². The Hall–Kier alpha value is -2.43. The second-order valence-electron chi connectivity index (χ2n) is 6.59. The van der Waals surface area contributed by atoms with E-state index in [1.54, 1.807) is 0 Å². The van der Waals surface area contributed by atoms with Gasteiger partial charge in [-0.05, 0) is 42.2 Å². The van der Waals surface area contributed by atoms with Crippen molar-refractivity contribution in [1.82, 2.24) is 5.32 Å². The Labute approximate surface area is 136 Å². The summed E-state index contributed by atoms with van der Waals surface area (Å²) < 4.78 is 10.8. The predicted molar refractivity (Wildman–Crippen MR) is 90.7 cm³/mol. The van der Waals surface area contributed by atoms with Crippen LogP contribution in [0.3, 0.4) is 0 Å². The smallest absolute Gasteiger partial charge is 0.255 e. The molecule has 5 nitrogen and oxygen atoms in total. The maximum atomic E-state index is 12.5. The van der Waals surface area contributed by atoms with Crippen molar-refractivity contribution in [2.75, 3.05) is 12.8 Å². The Morgan fingerprint density at radius 3 is 2.52 bits per heavy atom. The first kappa shape index (κ1) is 16.9. The fourth-order valence-corrected chi connectivity index (χ4v) is 2.32. The highest BCUT2D eigenvalue weighted by Crippen LogP contribution is 2.33. The molecule has 1 aromatic heterocycles. The molecule has 124 valence electrons. The molecule has 0 atom stereocenters. The van der Waals surface area contributed by atoms with E-state index in [2.05, 4.69) is 26.1 Å². The van der Waals surface area contributed by atoms with E-state index in [9.17, 15) is 4.79 Å². The van der Waals surface area contributed by atoms with E-state index in [4.69, 9.17) is 14.9 Å². The van der Waals surface area contributed by atoms with Crippen molar-refractivity contribution < 1.29 is 13.9 Å². The monoisotopic (exact) mass is 316 g/mol. The third kappa shape index (κ3) is 3.86. The molecule has 1 aromatic carbocycles. The topological polar surface area (TPSA) is 77.5 Å². The molecule has 1 heterocycles. The molecule has 0 aliphatic rings. The van der Waals surface area contributed by atoms with Crippen molar-refractivity contribution in [2.24, 2.45) is 0 Å². The number of aryl methyl sites for hydroxylation is 1. The first-order valence-corrected chi connectivity index (χ1v) is 7.54. The first-order valence-electron chi connectivity index (χ1n) is 7.54. The summed E-state index contributed by atoms with van der Waals surface area (Å²) in [6.45, 7) is 8.39. The average molecular weight is 316 g/mol. The molecule has 5 heteroatoms. The number of furan rings is 1. The van der Waals surface area contributed by atoms with Crippen molar-refractivity contribution in [3.8, 4) is 5.75 Å². The number of anilines is 1. The Kier molecular flexibility index (Phi) is 4.68. The van der Waals surface area contributed by atoms with Crippen LogP contribution in [0.15, 0.2) is 28.7 Å². The minimum Gasteiger partial charge on any atom is -0.494 e. The van der Waals surface area contributed by atoms with E-state index in [0.717, 1.165) is 11.3 Å². The van der Waals surface area contributed by atoms with Crippen LogP contribution < -0.4 is 15.8 Å². The number of nitrogens with two attached hydrogens (primary N) is 1. The SMILES string of the molecule is COc1c(N)cc(C(C)(C)C)cc1C(=O)NCc1ccc(C)o1. The molecule has 3 N–H and O–H groups in total. The van der Waals surface area contributed by atoms with Crippen LogP contribution >= 0.6 is 0 Å². The summed E-state index contributed by atoms with van der Waals surface area (Å²) in [6.07, 6.45) is 0. The first-order chi connectivity index (χ1) is 10.7. The van der Waals surface area contributed by atoms with Gasteiger partial charge in [0.2, 0.25) is 0 Å². The second kappa shape index (κ2) is 6.36. The summed E-state index contributed by atoms with van der Waals surface area (Å²) in [5, 5.41) is 2.84. The zero-order valence-corrected chi connectivity index (χ0v) is 14.3. The Morgan fingerprint density at radius 1 is 1.30 bits per heavy atom. The van der Waals surface area contributed by atoms with E-state index < -0.39 is 0 Å². The minimum absolute atomic E-state index is 0.118. The van der Waals surface area contributed by atoms with Crippen LogP contribution in [-0.4, -0.2) is 13.0 Å². The van der Waals surface area contributed by atoms with Crippen molar-refractivity contribution >= 4 is 11.6 Å². The molecule has 0 saturated carbocycles. The fourth-order valence-electron chi connectivity index (χ4n) is 2.32. The summed E-state index contributed by atoms with van der Waals surface area (Å²) in [4.78, 5) is 12.5. The van der Waals surface area contributed by atoms with Gasteiger partial charge in [0, 0.05) is 0 Å². The molecule has 0 spiro atoms. The Bertz CT molecular complexity index is 712. The van der Waals surface area contributed by atoms with Gasteiger partial charge < -0.3 is 20.2 Å². The summed E-state index contributed by atoms with van der Waals surface area (Å²) in [6, 6.07) is 7.39. The van der Waals surface area contributed by atoms with Crippen LogP contribution in [0.5, 0.6) is 5.75 Å². The van der Waals surface area contributed by atoms with Gasteiger partial charge in [0.05, 0.1) is 24.9 Å². The van der Waals surface area contributed by atoms with Gasteiger partial charge in [-0.3, -0.25) is 4.79 Å². The molecule has 2 aromatic rings. The van der Waals surface area contributed by atoms with Crippen molar-refractivity contribution in [3.05, 3.63) is 46.9 Å². The summed E-state index contributed by atoms with van der Waals surface area (Å²) >= 11 is 0. The third-order valence-electron chi connectivity index (χ3n) is 3.65. The predicted octanol–water partition coefficient (Wildman–Crippen LogP) is 3.41. The van der Waals surface area contributed by atoms with Gasteiger partial charge in [-0.15, -0.1) is 0 Å². The van der Waals surface area contributed by atoms with E-state index >= 15 is 0 Å². The fraction of sp³-hybridized carbons (Fsp3) is 0.389. The molecule has 0 saturated heterocycles. The van der Waals surface area contributed by atoms with Crippen LogP contribution in [0.2, 0.25) is 0 Å². The minimum atomic E-state index is -0.242. The van der Waals surface area contributed by atoms with Crippen LogP contribution in [0.25, 0.3) is 0 Å². The van der Waals surface area contributed by atoms with Crippen LogP contribution in [0.1, 0.15) is 48.2 Å². The van der Waals surface area contributed by atoms with Gasteiger partial charge in [0.15, 0.2) is 5.75 Å². The maximum Gasteiger partial charge on any atom is 0.255 e. The Morgan fingerprint density at radius 2 is 2.00 bits per heavy atom. The van der Waals surface area contributed by atoms with E-state index in [1.165, 1.54) is 7.11 Å². The lowest BCUT2D eigenvalue weighted by Crippen LogP contribution is -2.24. The molecule has 0 aliphatic carbocycles. The molecule has 2 rings (SSSR count). The lowest BCUT2D eigenvalue weighted by molar-refractivity contribution is 0.0944. The molecule has 0 radical (unpaired) electrons. The van der Waals surface area contributed by atoms with E-state index in [-0.39, 0.29) is 11.3 Å². The lowest BCUT2D eigenvalue weighted by Gasteiger charge is -2.22. The number of ether oxygens (including phenoxy) is 1. The quantitative estimate of drug-likeness (QED) is 0.847. The number of rotatable bonds is 4. The number of benzene rings is 1. The van der Waals surface area contributed by atoms with Crippen LogP contribution in [0, 0.1) is 6.92 Å². The molecule has 23 heavy (non-hydrogen) atoms. The number of nitrogen functional groups attached to an aromatic ring is 1. The van der Waals surface area contributed by atoms with Gasteiger partial charge in [0.25, 0.3) is 5.91 Å². The van der Waals surface area contributed by atoms with Gasteiger partial charge in [-0.25, -0.2) is 0 Å². The normalized spacial score (nSPS) is 11.3. The second-order valence-corrected chi connectivity index (χ2v) is 6.59. The summed E-state index contributed by atoms with van der Waals surface area (Å²) in [5.74, 6) is 1.67. The molecule has 0 unspecified atom stereocenters. The maximum absolute atomic E-state index is 12.5. The lowest BCUT2D eigenvalue weighted by atomic mass is 9.85. The third-order valence-corrected chi connectivity index (χ3v) is 3.65. The Balaban J connectivity index is 2.28. The number of hydrogen-bond acceptors (Lipinski definition) is 4. The number of carbonyl (C=O) groups excluding carboxylic acids is 1. The zero-order chi connectivity index (χ0) is 17.2. The largest absolute Gasteiger partial charge is 0.494 e. The molecule has 1 amide bonds. The number of nitrogens with one attached hydrogen (secondary N) is 1. The zero-order valence-electron chi connectivity index (χ0n) is 14.3. The van der Waals surface area contributed by atoms with Gasteiger partial charge >= 0.3 is 0 Å². The molecular weight excluding hydrogens is 292 g/mol. The van der Waals surface area contributed by atoms with Crippen molar-refractivity contribution in [2.45, 2.75) is 39.7 Å². The molecule has 0 bridgehead atoms. The highest BCUT2D eigenvalue weighted by molar-refractivity contribution is 5.99. The summed E-state index contributed by atoms with van der Waals surface area (Å²) in [5.41, 5.74) is 7.81. The molecule has 0 aliphatic heterocycles. The summed E-state index contributed by atoms with van der Waals surface area (Å²) in [7, 11) is 1.51.